The van der Waals surface area contributed by atoms with Gasteiger partial charge in [-0.05, 0) is 31.0 Å². The third kappa shape index (κ3) is 3.12. The predicted molar refractivity (Wildman–Crippen MR) is 106 cm³/mol. The molecule has 0 saturated carbocycles. The van der Waals surface area contributed by atoms with Crippen molar-refractivity contribution >= 4 is 27.5 Å². The molecule has 2 aliphatic heterocycles. The number of benzene rings is 1. The van der Waals surface area contributed by atoms with E-state index in [4.69, 9.17) is 4.74 Å². The lowest BCUT2D eigenvalue weighted by molar-refractivity contribution is 0.0719. The molecule has 8 heteroatoms. The number of amides is 1. The predicted octanol–water partition coefficient (Wildman–Crippen LogP) is 2.23. The van der Waals surface area contributed by atoms with E-state index in [1.54, 1.807) is 11.6 Å². The van der Waals surface area contributed by atoms with Crippen LogP contribution in [0.5, 0.6) is 0 Å². The summed E-state index contributed by atoms with van der Waals surface area (Å²) in [5.41, 5.74) is 5.05. The Kier molecular flexibility index (Phi) is 4.44. The van der Waals surface area contributed by atoms with Gasteiger partial charge in [-0.25, -0.2) is 9.67 Å². The number of aromatic nitrogens is 3. The van der Waals surface area contributed by atoms with Crippen LogP contribution in [0.3, 0.4) is 0 Å². The molecule has 1 unspecified atom stereocenters. The standard InChI is InChI=1S/C20H20N4O3S/c25-19-9-14-11-27-7-5-16(14)22-24(19)10-15-2-1-6-23(15)20(26)13-3-4-17-18(8-13)28-12-21-17/h3-4,8-9,12,15H,1-2,5-7,10-11H2. The van der Waals surface area contributed by atoms with Crippen molar-refractivity contribution < 1.29 is 9.53 Å². The van der Waals surface area contributed by atoms with Crippen LogP contribution in [0.25, 0.3) is 10.2 Å². The highest BCUT2D eigenvalue weighted by atomic mass is 32.1. The van der Waals surface area contributed by atoms with Crippen LogP contribution < -0.4 is 5.56 Å². The van der Waals surface area contributed by atoms with Crippen LogP contribution in [0.4, 0.5) is 0 Å². The molecular formula is C20H20N4O3S. The lowest BCUT2D eigenvalue weighted by atomic mass is 10.1. The summed E-state index contributed by atoms with van der Waals surface area (Å²) in [5, 5.41) is 4.56. The molecule has 4 heterocycles. The van der Waals surface area contributed by atoms with Gasteiger partial charge in [0.2, 0.25) is 0 Å². The van der Waals surface area contributed by atoms with E-state index in [1.807, 2.05) is 23.1 Å². The first-order valence-electron chi connectivity index (χ1n) is 9.51. The third-order valence-electron chi connectivity index (χ3n) is 5.50. The minimum absolute atomic E-state index is 0.0113. The van der Waals surface area contributed by atoms with Crippen LogP contribution >= 0.6 is 11.3 Å². The molecule has 3 aromatic rings. The lowest BCUT2D eigenvalue weighted by Crippen LogP contribution is -2.41. The summed E-state index contributed by atoms with van der Waals surface area (Å²) < 4.78 is 7.93. The van der Waals surface area contributed by atoms with Gasteiger partial charge in [-0.15, -0.1) is 11.3 Å². The van der Waals surface area contributed by atoms with Gasteiger partial charge in [-0.1, -0.05) is 0 Å². The number of nitrogens with zero attached hydrogens (tertiary/aromatic N) is 4. The number of thiazole rings is 1. The van der Waals surface area contributed by atoms with Crippen molar-refractivity contribution in [3.05, 3.63) is 57.0 Å². The summed E-state index contributed by atoms with van der Waals surface area (Å²) in [6, 6.07) is 7.24. The van der Waals surface area contributed by atoms with Gasteiger partial charge in [0.05, 0.1) is 47.2 Å². The average molecular weight is 396 g/mol. The maximum atomic E-state index is 13.1. The number of likely N-dealkylation sites (tertiary alicyclic amines) is 1. The van der Waals surface area contributed by atoms with Gasteiger partial charge in [0.15, 0.2) is 0 Å². The summed E-state index contributed by atoms with van der Waals surface area (Å²) in [6.45, 7) is 2.22. The fourth-order valence-corrected chi connectivity index (χ4v) is 4.75. The van der Waals surface area contributed by atoms with Crippen molar-refractivity contribution in [1.29, 1.82) is 0 Å². The highest BCUT2D eigenvalue weighted by Crippen LogP contribution is 2.24. The largest absolute Gasteiger partial charge is 0.376 e. The monoisotopic (exact) mass is 396 g/mol. The molecule has 0 radical (unpaired) electrons. The Hall–Kier alpha value is -2.58. The van der Waals surface area contributed by atoms with Crippen LogP contribution in [-0.2, 0) is 24.3 Å². The first-order valence-corrected chi connectivity index (χ1v) is 10.4. The Morgan fingerprint density at radius 1 is 1.32 bits per heavy atom. The summed E-state index contributed by atoms with van der Waals surface area (Å²) in [7, 11) is 0. The molecule has 5 rings (SSSR count). The zero-order valence-electron chi connectivity index (χ0n) is 15.3. The quantitative estimate of drug-likeness (QED) is 0.679. The Balaban J connectivity index is 1.39. The van der Waals surface area contributed by atoms with E-state index in [-0.39, 0.29) is 17.5 Å². The van der Waals surface area contributed by atoms with E-state index < -0.39 is 0 Å². The zero-order chi connectivity index (χ0) is 19.1. The number of rotatable bonds is 3. The molecular weight excluding hydrogens is 376 g/mol. The summed E-state index contributed by atoms with van der Waals surface area (Å²) in [6.07, 6.45) is 2.54. The molecule has 0 bridgehead atoms. The number of carbonyl (C=O) groups is 1. The van der Waals surface area contributed by atoms with Crippen LogP contribution in [0, 0.1) is 0 Å². The van der Waals surface area contributed by atoms with Crippen LogP contribution in [0.15, 0.2) is 34.6 Å². The van der Waals surface area contributed by atoms with Gasteiger partial charge in [0, 0.05) is 30.2 Å². The van der Waals surface area contributed by atoms with E-state index in [2.05, 4.69) is 10.1 Å². The van der Waals surface area contributed by atoms with Crippen molar-refractivity contribution in [2.45, 2.75) is 38.5 Å². The van der Waals surface area contributed by atoms with Gasteiger partial charge in [-0.2, -0.15) is 5.10 Å². The molecule has 1 fully saturated rings. The van der Waals surface area contributed by atoms with Crippen LogP contribution in [0.2, 0.25) is 0 Å². The minimum atomic E-state index is -0.130. The Morgan fingerprint density at radius 3 is 3.18 bits per heavy atom. The second kappa shape index (κ2) is 7.10. The maximum absolute atomic E-state index is 13.1. The molecule has 2 aliphatic rings. The smallest absolute Gasteiger partial charge is 0.267 e. The molecule has 0 N–H and O–H groups in total. The number of carbonyl (C=O) groups excluding carboxylic acids is 1. The van der Waals surface area contributed by atoms with Gasteiger partial charge in [-0.3, -0.25) is 9.59 Å². The van der Waals surface area contributed by atoms with Gasteiger partial charge in [0.25, 0.3) is 11.5 Å². The number of hydrogen-bond donors (Lipinski definition) is 0. The molecule has 7 nitrogen and oxygen atoms in total. The molecule has 1 atom stereocenters. The Labute approximate surface area is 165 Å². The molecule has 144 valence electrons. The minimum Gasteiger partial charge on any atom is -0.376 e. The van der Waals surface area contributed by atoms with Crippen molar-refractivity contribution in [2.24, 2.45) is 0 Å². The van der Waals surface area contributed by atoms with Crippen molar-refractivity contribution in [2.75, 3.05) is 13.2 Å². The molecule has 1 saturated heterocycles. The van der Waals surface area contributed by atoms with Gasteiger partial charge >= 0.3 is 0 Å². The molecule has 0 spiro atoms. The van der Waals surface area contributed by atoms with Crippen molar-refractivity contribution in [1.82, 2.24) is 19.7 Å². The lowest BCUT2D eigenvalue weighted by Gasteiger charge is -2.25. The highest BCUT2D eigenvalue weighted by Gasteiger charge is 2.30. The number of hydrogen-bond acceptors (Lipinski definition) is 6. The topological polar surface area (TPSA) is 77.3 Å². The van der Waals surface area contributed by atoms with Crippen molar-refractivity contribution in [3.63, 3.8) is 0 Å². The Morgan fingerprint density at radius 2 is 2.25 bits per heavy atom. The van der Waals surface area contributed by atoms with Gasteiger partial charge < -0.3 is 9.64 Å². The van der Waals surface area contributed by atoms with E-state index in [1.165, 1.54) is 16.0 Å². The van der Waals surface area contributed by atoms with Gasteiger partial charge in [0.1, 0.15) is 0 Å². The van der Waals surface area contributed by atoms with Crippen LogP contribution in [-0.4, -0.2) is 44.8 Å². The Bertz CT molecular complexity index is 1110. The summed E-state index contributed by atoms with van der Waals surface area (Å²) in [4.78, 5) is 31.8. The van der Waals surface area contributed by atoms with E-state index >= 15 is 0 Å². The fourth-order valence-electron chi connectivity index (χ4n) is 4.03. The molecule has 0 aliphatic carbocycles. The normalized spacial score (nSPS) is 19.1. The van der Waals surface area contributed by atoms with Crippen molar-refractivity contribution in [3.8, 4) is 0 Å². The SMILES string of the molecule is O=C(c1ccc2ncsc2c1)N1CCCC1Cn1nc2c(cc1=O)COCC2. The maximum Gasteiger partial charge on any atom is 0.267 e. The average Bonchev–Trinajstić information content (AvgIpc) is 3.36. The van der Waals surface area contributed by atoms with E-state index in [9.17, 15) is 9.59 Å². The highest BCUT2D eigenvalue weighted by molar-refractivity contribution is 7.16. The molecule has 1 amide bonds. The second-order valence-corrected chi connectivity index (χ2v) is 8.16. The number of ether oxygens (including phenoxy) is 1. The first kappa shape index (κ1) is 17.5. The zero-order valence-corrected chi connectivity index (χ0v) is 16.2. The second-order valence-electron chi connectivity index (χ2n) is 7.27. The summed E-state index contributed by atoms with van der Waals surface area (Å²) in [5.74, 6) is 0.0113. The first-order chi connectivity index (χ1) is 13.7. The van der Waals surface area contributed by atoms with E-state index in [0.717, 1.165) is 40.7 Å². The fraction of sp³-hybridized carbons (Fsp3) is 0.400. The van der Waals surface area contributed by atoms with E-state index in [0.29, 0.717) is 31.9 Å². The molecule has 1 aromatic carbocycles. The van der Waals surface area contributed by atoms with Crippen LogP contribution in [0.1, 0.15) is 34.5 Å². The molecule has 28 heavy (non-hydrogen) atoms. The number of fused-ring (bicyclic) bond motifs is 2. The third-order valence-corrected chi connectivity index (χ3v) is 6.30. The summed E-state index contributed by atoms with van der Waals surface area (Å²) >= 11 is 1.53. The molecule has 2 aromatic heterocycles.